The predicted molar refractivity (Wildman–Crippen MR) is 99.2 cm³/mol. The van der Waals surface area contributed by atoms with Crippen molar-refractivity contribution in [2.45, 2.75) is 25.9 Å². The van der Waals surface area contributed by atoms with E-state index in [1.807, 2.05) is 0 Å². The zero-order valence-corrected chi connectivity index (χ0v) is 15.4. The van der Waals surface area contributed by atoms with E-state index in [1.54, 1.807) is 30.3 Å². The van der Waals surface area contributed by atoms with Crippen LogP contribution in [0.25, 0.3) is 10.9 Å². The van der Waals surface area contributed by atoms with Crippen molar-refractivity contribution in [3.05, 3.63) is 71.9 Å². The van der Waals surface area contributed by atoms with E-state index in [2.05, 4.69) is 10.3 Å². The summed E-state index contributed by atoms with van der Waals surface area (Å²) in [6, 6.07) is 11.9. The predicted octanol–water partition coefficient (Wildman–Crippen LogP) is 5.65. The molecule has 3 rings (SSSR count). The SMILES string of the molecule is C[C@](Cc1ccccc1)(CC(F)(F)F)C(=O)Nc1cnc2c(F)c(F)ccc2c1. The van der Waals surface area contributed by atoms with E-state index in [0.717, 1.165) is 12.3 Å². The molecule has 0 radical (unpaired) electrons. The molecule has 0 spiro atoms. The van der Waals surface area contributed by atoms with Crippen LogP contribution in [0.15, 0.2) is 54.7 Å². The van der Waals surface area contributed by atoms with Gasteiger partial charge >= 0.3 is 6.18 Å². The number of fused-ring (bicyclic) bond motifs is 1. The van der Waals surface area contributed by atoms with Crippen LogP contribution >= 0.6 is 0 Å². The number of benzene rings is 2. The Labute approximate surface area is 163 Å². The summed E-state index contributed by atoms with van der Waals surface area (Å²) in [4.78, 5) is 16.6. The van der Waals surface area contributed by atoms with E-state index in [1.165, 1.54) is 19.1 Å². The van der Waals surface area contributed by atoms with Crippen LogP contribution in [0.2, 0.25) is 0 Å². The molecule has 2 aromatic carbocycles. The minimum absolute atomic E-state index is 0.0926. The van der Waals surface area contributed by atoms with Crippen LogP contribution in [0.4, 0.5) is 27.6 Å². The van der Waals surface area contributed by atoms with Crippen molar-refractivity contribution in [3.63, 3.8) is 0 Å². The minimum Gasteiger partial charge on any atom is -0.324 e. The molecule has 0 aliphatic carbocycles. The Morgan fingerprint density at radius 3 is 2.41 bits per heavy atom. The van der Waals surface area contributed by atoms with Crippen LogP contribution in [0.5, 0.6) is 0 Å². The van der Waals surface area contributed by atoms with Crippen LogP contribution in [-0.4, -0.2) is 17.1 Å². The zero-order chi connectivity index (χ0) is 21.2. The lowest BCUT2D eigenvalue weighted by Crippen LogP contribution is -2.39. The number of rotatable bonds is 5. The molecule has 8 heteroatoms. The maximum Gasteiger partial charge on any atom is 0.390 e. The largest absolute Gasteiger partial charge is 0.390 e. The summed E-state index contributed by atoms with van der Waals surface area (Å²) < 4.78 is 66.6. The van der Waals surface area contributed by atoms with Gasteiger partial charge in [0, 0.05) is 5.39 Å². The maximum atomic E-state index is 13.8. The van der Waals surface area contributed by atoms with Crippen molar-refractivity contribution >= 4 is 22.5 Å². The van der Waals surface area contributed by atoms with Gasteiger partial charge in [0.1, 0.15) is 5.52 Å². The maximum absolute atomic E-state index is 13.8. The molecule has 3 nitrogen and oxygen atoms in total. The third-order valence-corrected chi connectivity index (χ3v) is 4.58. The molecule has 0 saturated heterocycles. The van der Waals surface area contributed by atoms with Gasteiger partial charge in [-0.15, -0.1) is 0 Å². The summed E-state index contributed by atoms with van der Waals surface area (Å²) in [6.45, 7) is 1.24. The van der Waals surface area contributed by atoms with E-state index in [4.69, 9.17) is 0 Å². The Kier molecular flexibility index (Phi) is 5.55. The number of nitrogens with zero attached hydrogens (tertiary/aromatic N) is 1. The van der Waals surface area contributed by atoms with Crippen molar-refractivity contribution in [1.29, 1.82) is 0 Å². The first-order chi connectivity index (χ1) is 13.6. The molecule has 1 atom stereocenters. The summed E-state index contributed by atoms with van der Waals surface area (Å²) in [7, 11) is 0. The number of carbonyl (C=O) groups excluding carboxylic acids is 1. The molecule has 0 fully saturated rings. The first-order valence-electron chi connectivity index (χ1n) is 8.73. The van der Waals surface area contributed by atoms with Crippen LogP contribution in [0.1, 0.15) is 18.9 Å². The fourth-order valence-electron chi connectivity index (χ4n) is 3.20. The normalized spacial score (nSPS) is 13.9. The van der Waals surface area contributed by atoms with E-state index < -0.39 is 35.6 Å². The lowest BCUT2D eigenvalue weighted by atomic mass is 9.79. The molecule has 0 aliphatic heterocycles. The number of alkyl halides is 3. The number of pyridine rings is 1. The van der Waals surface area contributed by atoms with Gasteiger partial charge in [-0.3, -0.25) is 9.78 Å². The Hall–Kier alpha value is -3.03. The van der Waals surface area contributed by atoms with Gasteiger partial charge in [-0.1, -0.05) is 37.3 Å². The number of aromatic nitrogens is 1. The molecule has 152 valence electrons. The lowest BCUT2D eigenvalue weighted by molar-refractivity contribution is -0.164. The molecule has 0 bridgehead atoms. The summed E-state index contributed by atoms with van der Waals surface area (Å²) in [5.41, 5.74) is -1.33. The summed E-state index contributed by atoms with van der Waals surface area (Å²) in [5, 5.41) is 2.64. The average Bonchev–Trinajstić information content (AvgIpc) is 2.64. The second kappa shape index (κ2) is 7.77. The van der Waals surface area contributed by atoms with Crippen LogP contribution in [0, 0.1) is 17.0 Å². The topological polar surface area (TPSA) is 42.0 Å². The summed E-state index contributed by atoms with van der Waals surface area (Å²) in [6.07, 6.45) is -4.91. The van der Waals surface area contributed by atoms with Crippen molar-refractivity contribution in [2.75, 3.05) is 5.32 Å². The molecular weight excluding hydrogens is 391 g/mol. The van der Waals surface area contributed by atoms with E-state index >= 15 is 0 Å². The number of hydrogen-bond acceptors (Lipinski definition) is 2. The quantitative estimate of drug-likeness (QED) is 0.554. The molecular formula is C21H17F5N2O. The van der Waals surface area contributed by atoms with Crippen LogP contribution < -0.4 is 5.32 Å². The Morgan fingerprint density at radius 1 is 1.07 bits per heavy atom. The van der Waals surface area contributed by atoms with Gasteiger partial charge in [-0.05, 0) is 30.2 Å². The minimum atomic E-state index is -4.55. The first-order valence-corrected chi connectivity index (χ1v) is 8.73. The molecule has 1 N–H and O–H groups in total. The van der Waals surface area contributed by atoms with Gasteiger partial charge < -0.3 is 5.32 Å². The van der Waals surface area contributed by atoms with Gasteiger partial charge in [-0.25, -0.2) is 8.78 Å². The van der Waals surface area contributed by atoms with Crippen molar-refractivity contribution < 1.29 is 26.7 Å². The Bertz CT molecular complexity index is 1040. The fraction of sp³-hybridized carbons (Fsp3) is 0.238. The van der Waals surface area contributed by atoms with E-state index in [0.29, 0.717) is 5.56 Å². The molecule has 1 amide bonds. The number of carbonyl (C=O) groups is 1. The van der Waals surface area contributed by atoms with Crippen LogP contribution in [-0.2, 0) is 11.2 Å². The molecule has 0 unspecified atom stereocenters. The fourth-order valence-corrected chi connectivity index (χ4v) is 3.20. The number of nitrogens with one attached hydrogen (secondary N) is 1. The third kappa shape index (κ3) is 4.88. The highest BCUT2D eigenvalue weighted by atomic mass is 19.4. The number of halogens is 5. The second-order valence-electron chi connectivity index (χ2n) is 7.13. The molecule has 3 aromatic rings. The Morgan fingerprint density at radius 2 is 1.76 bits per heavy atom. The van der Waals surface area contributed by atoms with Gasteiger partial charge in [0.05, 0.1) is 23.7 Å². The van der Waals surface area contributed by atoms with E-state index in [9.17, 15) is 26.7 Å². The summed E-state index contributed by atoms with van der Waals surface area (Å²) in [5.74, 6) is -3.05. The van der Waals surface area contributed by atoms with E-state index in [-0.39, 0.29) is 23.0 Å². The van der Waals surface area contributed by atoms with Crippen molar-refractivity contribution in [1.82, 2.24) is 4.98 Å². The zero-order valence-electron chi connectivity index (χ0n) is 15.4. The highest BCUT2D eigenvalue weighted by molar-refractivity contribution is 5.96. The highest BCUT2D eigenvalue weighted by Gasteiger charge is 2.44. The molecule has 0 saturated carbocycles. The highest BCUT2D eigenvalue weighted by Crippen LogP contribution is 2.37. The lowest BCUT2D eigenvalue weighted by Gasteiger charge is -2.29. The average molecular weight is 408 g/mol. The monoisotopic (exact) mass is 408 g/mol. The second-order valence-corrected chi connectivity index (χ2v) is 7.13. The molecule has 0 aliphatic rings. The number of hydrogen-bond donors (Lipinski definition) is 1. The van der Waals surface area contributed by atoms with Gasteiger partial charge in [-0.2, -0.15) is 13.2 Å². The number of amides is 1. The number of anilines is 1. The van der Waals surface area contributed by atoms with Crippen LogP contribution in [0.3, 0.4) is 0 Å². The van der Waals surface area contributed by atoms with Gasteiger partial charge in [0.15, 0.2) is 11.6 Å². The van der Waals surface area contributed by atoms with Crippen molar-refractivity contribution in [2.24, 2.45) is 5.41 Å². The molecule has 1 aromatic heterocycles. The smallest absolute Gasteiger partial charge is 0.324 e. The van der Waals surface area contributed by atoms with Gasteiger partial charge in [0.2, 0.25) is 5.91 Å². The molecule has 29 heavy (non-hydrogen) atoms. The Balaban J connectivity index is 1.89. The summed E-state index contributed by atoms with van der Waals surface area (Å²) >= 11 is 0. The molecule has 1 heterocycles. The first kappa shape index (κ1) is 20.7. The van der Waals surface area contributed by atoms with Gasteiger partial charge in [0.25, 0.3) is 0 Å². The standard InChI is InChI=1S/C21H17F5N2O/c1-20(12-21(24,25)26,10-13-5-3-2-4-6-13)19(29)28-15-9-14-7-8-16(22)17(23)18(14)27-11-15/h2-9,11H,10,12H2,1H3,(H,28,29)/t20-/m0/s1. The van der Waals surface area contributed by atoms with Crippen molar-refractivity contribution in [3.8, 4) is 0 Å². The third-order valence-electron chi connectivity index (χ3n) is 4.58.